The lowest BCUT2D eigenvalue weighted by Gasteiger charge is -2.14. The molecule has 0 aliphatic heterocycles. The molecule has 0 saturated carbocycles. The van der Waals surface area contributed by atoms with Gasteiger partial charge in [-0.25, -0.2) is 4.39 Å². The zero-order chi connectivity index (χ0) is 14.8. The van der Waals surface area contributed by atoms with Gasteiger partial charge in [-0.3, -0.25) is 0 Å². The molecule has 0 aliphatic rings. The molecular weight excluding hydrogens is 274 g/mol. The normalized spacial score (nSPS) is 11.4. The Morgan fingerprint density at radius 2 is 1.75 bits per heavy atom. The number of benzene rings is 2. The number of anilines is 1. The van der Waals surface area contributed by atoms with E-state index in [9.17, 15) is 22.7 Å². The first kappa shape index (κ1) is 14.2. The van der Waals surface area contributed by atoms with Crippen LogP contribution in [0.5, 0.6) is 5.75 Å². The number of halogens is 4. The molecule has 20 heavy (non-hydrogen) atoms. The number of hydrogen-bond donors (Lipinski definition) is 2. The third-order valence-corrected chi connectivity index (χ3v) is 2.74. The first-order valence-corrected chi connectivity index (χ1v) is 5.75. The maximum Gasteiger partial charge on any atom is 0.418 e. The topological polar surface area (TPSA) is 32.3 Å². The molecule has 0 bridgehead atoms. The smallest absolute Gasteiger partial charge is 0.418 e. The molecule has 0 atom stereocenters. The van der Waals surface area contributed by atoms with Crippen LogP contribution in [0.3, 0.4) is 0 Å². The molecule has 0 heterocycles. The van der Waals surface area contributed by atoms with Crippen LogP contribution in [0.25, 0.3) is 0 Å². The number of hydrogen-bond acceptors (Lipinski definition) is 2. The first-order valence-electron chi connectivity index (χ1n) is 5.75. The van der Waals surface area contributed by atoms with Crippen LogP contribution in [0.4, 0.5) is 23.2 Å². The lowest BCUT2D eigenvalue weighted by molar-refractivity contribution is -0.136. The standard InChI is InChI=1S/C14H11F4NO/c15-10-5-6-13(20)9(7-10)8-19-12-4-2-1-3-11(12)14(16,17)18/h1-7,19-20H,8H2. The Kier molecular flexibility index (Phi) is 3.83. The second kappa shape index (κ2) is 5.40. The molecule has 0 radical (unpaired) electrons. The molecule has 0 amide bonds. The number of para-hydroxylation sites is 1. The lowest BCUT2D eigenvalue weighted by atomic mass is 10.1. The van der Waals surface area contributed by atoms with E-state index in [1.807, 2.05) is 0 Å². The third kappa shape index (κ3) is 3.20. The van der Waals surface area contributed by atoms with Gasteiger partial charge in [0, 0.05) is 17.8 Å². The van der Waals surface area contributed by atoms with Crippen LogP contribution in [-0.2, 0) is 12.7 Å². The summed E-state index contributed by atoms with van der Waals surface area (Å²) in [4.78, 5) is 0. The number of phenolic OH excluding ortho intramolecular Hbond substituents is 1. The van der Waals surface area contributed by atoms with E-state index >= 15 is 0 Å². The van der Waals surface area contributed by atoms with Gasteiger partial charge in [0.05, 0.1) is 5.56 Å². The van der Waals surface area contributed by atoms with Gasteiger partial charge in [0.15, 0.2) is 0 Å². The number of rotatable bonds is 3. The van der Waals surface area contributed by atoms with Gasteiger partial charge in [-0.05, 0) is 30.3 Å². The van der Waals surface area contributed by atoms with Crippen molar-refractivity contribution in [3.8, 4) is 5.75 Å². The van der Waals surface area contributed by atoms with Crippen LogP contribution < -0.4 is 5.32 Å². The highest BCUT2D eigenvalue weighted by atomic mass is 19.4. The molecule has 2 N–H and O–H groups in total. The highest BCUT2D eigenvalue weighted by Gasteiger charge is 2.33. The van der Waals surface area contributed by atoms with E-state index in [1.165, 1.54) is 18.2 Å². The number of phenols is 1. The fourth-order valence-corrected chi connectivity index (χ4v) is 1.77. The van der Waals surface area contributed by atoms with Crippen LogP contribution in [0.2, 0.25) is 0 Å². The van der Waals surface area contributed by atoms with Crippen molar-refractivity contribution >= 4 is 5.69 Å². The molecule has 106 valence electrons. The monoisotopic (exact) mass is 285 g/mol. The Morgan fingerprint density at radius 1 is 1.05 bits per heavy atom. The highest BCUT2D eigenvalue weighted by molar-refractivity contribution is 5.53. The van der Waals surface area contributed by atoms with Crippen LogP contribution in [-0.4, -0.2) is 5.11 Å². The summed E-state index contributed by atoms with van der Waals surface area (Å²) in [6.45, 7) is -0.114. The molecular formula is C14H11F4NO. The van der Waals surface area contributed by atoms with Gasteiger partial charge in [-0.2, -0.15) is 13.2 Å². The Bertz CT molecular complexity index is 610. The minimum absolute atomic E-state index is 0.114. The van der Waals surface area contributed by atoms with Gasteiger partial charge in [-0.15, -0.1) is 0 Å². The Morgan fingerprint density at radius 3 is 2.45 bits per heavy atom. The number of alkyl halides is 3. The van der Waals surface area contributed by atoms with E-state index in [1.54, 1.807) is 0 Å². The Labute approximate surface area is 112 Å². The average Bonchev–Trinajstić information content (AvgIpc) is 2.39. The van der Waals surface area contributed by atoms with Crippen molar-refractivity contribution in [2.75, 3.05) is 5.32 Å². The fourth-order valence-electron chi connectivity index (χ4n) is 1.77. The highest BCUT2D eigenvalue weighted by Crippen LogP contribution is 2.35. The van der Waals surface area contributed by atoms with E-state index in [-0.39, 0.29) is 23.5 Å². The third-order valence-electron chi connectivity index (χ3n) is 2.74. The Hall–Kier alpha value is -2.24. The molecule has 2 nitrogen and oxygen atoms in total. The van der Waals surface area contributed by atoms with Crippen molar-refractivity contribution < 1.29 is 22.7 Å². The summed E-state index contributed by atoms with van der Waals surface area (Å²) >= 11 is 0. The molecule has 0 fully saturated rings. The summed E-state index contributed by atoms with van der Waals surface area (Å²) in [5.74, 6) is -0.743. The molecule has 2 aromatic rings. The molecule has 0 saturated heterocycles. The van der Waals surface area contributed by atoms with E-state index in [4.69, 9.17) is 0 Å². The van der Waals surface area contributed by atoms with Crippen molar-refractivity contribution in [1.82, 2.24) is 0 Å². The summed E-state index contributed by atoms with van der Waals surface area (Å²) in [5, 5.41) is 12.1. The van der Waals surface area contributed by atoms with Gasteiger partial charge in [0.2, 0.25) is 0 Å². The molecule has 2 rings (SSSR count). The van der Waals surface area contributed by atoms with Gasteiger partial charge >= 0.3 is 6.18 Å². The van der Waals surface area contributed by atoms with E-state index < -0.39 is 17.6 Å². The zero-order valence-electron chi connectivity index (χ0n) is 10.2. The molecule has 0 unspecified atom stereocenters. The van der Waals surface area contributed by atoms with Crippen LogP contribution >= 0.6 is 0 Å². The van der Waals surface area contributed by atoms with Gasteiger partial charge in [0.25, 0.3) is 0 Å². The second-order valence-electron chi connectivity index (χ2n) is 4.17. The summed E-state index contributed by atoms with van der Waals surface area (Å²) in [6.07, 6.45) is -4.48. The summed E-state index contributed by atoms with van der Waals surface area (Å²) < 4.78 is 51.3. The summed E-state index contributed by atoms with van der Waals surface area (Å²) in [5.41, 5.74) is -0.749. The quantitative estimate of drug-likeness (QED) is 0.830. The number of aromatic hydroxyl groups is 1. The maximum atomic E-state index is 13.0. The lowest BCUT2D eigenvalue weighted by Crippen LogP contribution is -2.10. The summed E-state index contributed by atoms with van der Waals surface area (Å²) in [7, 11) is 0. The predicted octanol–water partition coefficient (Wildman–Crippen LogP) is 4.16. The van der Waals surface area contributed by atoms with Crippen molar-refractivity contribution in [2.45, 2.75) is 12.7 Å². The van der Waals surface area contributed by atoms with Crippen molar-refractivity contribution in [1.29, 1.82) is 0 Å². The van der Waals surface area contributed by atoms with Crippen molar-refractivity contribution in [3.05, 3.63) is 59.4 Å². The molecule has 6 heteroatoms. The van der Waals surface area contributed by atoms with Gasteiger partial charge < -0.3 is 10.4 Å². The van der Waals surface area contributed by atoms with Gasteiger partial charge in [0.1, 0.15) is 11.6 Å². The first-order chi connectivity index (χ1) is 9.38. The van der Waals surface area contributed by atoms with Crippen molar-refractivity contribution in [3.63, 3.8) is 0 Å². The molecule has 0 aliphatic carbocycles. The second-order valence-corrected chi connectivity index (χ2v) is 4.17. The van der Waals surface area contributed by atoms with E-state index in [0.717, 1.165) is 24.3 Å². The van der Waals surface area contributed by atoms with Crippen LogP contribution in [0.15, 0.2) is 42.5 Å². The van der Waals surface area contributed by atoms with Crippen LogP contribution in [0.1, 0.15) is 11.1 Å². The molecule has 2 aromatic carbocycles. The molecule has 0 aromatic heterocycles. The fraction of sp³-hybridized carbons (Fsp3) is 0.143. The SMILES string of the molecule is Oc1ccc(F)cc1CNc1ccccc1C(F)(F)F. The van der Waals surface area contributed by atoms with E-state index in [0.29, 0.717) is 0 Å². The zero-order valence-corrected chi connectivity index (χ0v) is 10.2. The van der Waals surface area contributed by atoms with Crippen molar-refractivity contribution in [2.24, 2.45) is 0 Å². The predicted molar refractivity (Wildman–Crippen MR) is 66.8 cm³/mol. The Balaban J connectivity index is 2.21. The van der Waals surface area contributed by atoms with Crippen LogP contribution in [0, 0.1) is 5.82 Å². The van der Waals surface area contributed by atoms with Gasteiger partial charge in [-0.1, -0.05) is 12.1 Å². The van der Waals surface area contributed by atoms with E-state index in [2.05, 4.69) is 5.32 Å². The average molecular weight is 285 g/mol. The largest absolute Gasteiger partial charge is 0.508 e. The minimum atomic E-state index is -4.48. The molecule has 0 spiro atoms. The number of nitrogens with one attached hydrogen (secondary N) is 1. The summed E-state index contributed by atoms with van der Waals surface area (Å²) in [6, 6.07) is 8.27. The maximum absolute atomic E-state index is 13.0. The minimum Gasteiger partial charge on any atom is -0.508 e.